The van der Waals surface area contributed by atoms with E-state index in [9.17, 15) is 9.59 Å². The predicted molar refractivity (Wildman–Crippen MR) is 46.7 cm³/mol. The molecule has 1 aliphatic rings. The standard InChI is InChI=1S/C7H8N2O2S/c1-9-6(10)5-4(2-3-12-5)8-7(9)11/h2-3H2,1H3,(H,8,11). The minimum Gasteiger partial charge on any atom is -0.310 e. The smallest absolute Gasteiger partial charge is 0.310 e. The summed E-state index contributed by atoms with van der Waals surface area (Å²) in [4.78, 5) is 25.9. The van der Waals surface area contributed by atoms with Gasteiger partial charge in [0.05, 0.1) is 4.90 Å². The second kappa shape index (κ2) is 2.52. The first-order valence-electron chi connectivity index (χ1n) is 3.65. The zero-order valence-electron chi connectivity index (χ0n) is 6.59. The molecule has 0 spiro atoms. The fraction of sp³-hybridized carbons (Fsp3) is 0.429. The SMILES string of the molecule is Cn1c(=O)[nH]c2c(c1=O)SCC2. The van der Waals surface area contributed by atoms with Gasteiger partial charge in [-0.1, -0.05) is 0 Å². The van der Waals surface area contributed by atoms with Crippen molar-refractivity contribution < 1.29 is 0 Å². The Morgan fingerprint density at radius 3 is 3.00 bits per heavy atom. The van der Waals surface area contributed by atoms with Gasteiger partial charge in [0.15, 0.2) is 0 Å². The van der Waals surface area contributed by atoms with Crippen LogP contribution in [-0.2, 0) is 13.5 Å². The molecule has 0 bridgehead atoms. The molecule has 0 saturated heterocycles. The number of hydrogen-bond acceptors (Lipinski definition) is 3. The molecule has 4 nitrogen and oxygen atoms in total. The number of nitrogens with zero attached hydrogens (tertiary/aromatic N) is 1. The Labute approximate surface area is 72.6 Å². The van der Waals surface area contributed by atoms with E-state index in [1.165, 1.54) is 18.8 Å². The molecule has 0 atom stereocenters. The monoisotopic (exact) mass is 184 g/mol. The van der Waals surface area contributed by atoms with E-state index in [0.29, 0.717) is 4.90 Å². The number of aromatic amines is 1. The van der Waals surface area contributed by atoms with Gasteiger partial charge in [-0.25, -0.2) is 4.79 Å². The van der Waals surface area contributed by atoms with Gasteiger partial charge in [0.1, 0.15) is 0 Å². The molecule has 1 N–H and O–H groups in total. The van der Waals surface area contributed by atoms with Gasteiger partial charge in [-0.05, 0) is 6.42 Å². The Morgan fingerprint density at radius 1 is 1.50 bits per heavy atom. The van der Waals surface area contributed by atoms with Gasteiger partial charge in [0, 0.05) is 18.5 Å². The summed E-state index contributed by atoms with van der Waals surface area (Å²) in [6, 6.07) is 0. The van der Waals surface area contributed by atoms with E-state index >= 15 is 0 Å². The van der Waals surface area contributed by atoms with Crippen molar-refractivity contribution in [2.45, 2.75) is 11.3 Å². The van der Waals surface area contributed by atoms with Crippen LogP contribution in [0, 0.1) is 0 Å². The fourth-order valence-electron chi connectivity index (χ4n) is 1.22. The first-order valence-corrected chi connectivity index (χ1v) is 4.63. The highest BCUT2D eigenvalue weighted by atomic mass is 32.2. The summed E-state index contributed by atoms with van der Waals surface area (Å²) < 4.78 is 1.11. The second-order valence-electron chi connectivity index (χ2n) is 2.70. The minimum absolute atomic E-state index is 0.170. The van der Waals surface area contributed by atoms with E-state index in [0.717, 1.165) is 22.4 Å². The minimum atomic E-state index is -0.318. The van der Waals surface area contributed by atoms with E-state index < -0.39 is 0 Å². The summed E-state index contributed by atoms with van der Waals surface area (Å²) in [5, 5.41) is 0. The molecule has 1 aliphatic heterocycles. The fourth-order valence-corrected chi connectivity index (χ4v) is 2.32. The van der Waals surface area contributed by atoms with Gasteiger partial charge in [-0.2, -0.15) is 0 Å². The van der Waals surface area contributed by atoms with Gasteiger partial charge in [0.25, 0.3) is 5.56 Å². The quantitative estimate of drug-likeness (QED) is 0.603. The molecule has 0 unspecified atom stereocenters. The molecule has 5 heteroatoms. The third kappa shape index (κ3) is 0.929. The first kappa shape index (κ1) is 7.67. The Kier molecular flexibility index (Phi) is 1.61. The van der Waals surface area contributed by atoms with Crippen molar-refractivity contribution in [1.29, 1.82) is 0 Å². The van der Waals surface area contributed by atoms with Crippen LogP contribution in [0.5, 0.6) is 0 Å². The third-order valence-corrected chi connectivity index (χ3v) is 3.05. The molecule has 2 heterocycles. The molecule has 64 valence electrons. The van der Waals surface area contributed by atoms with Crippen LogP contribution in [0.2, 0.25) is 0 Å². The zero-order chi connectivity index (χ0) is 8.72. The highest BCUT2D eigenvalue weighted by molar-refractivity contribution is 7.99. The van der Waals surface area contributed by atoms with Gasteiger partial charge < -0.3 is 4.98 Å². The molecule has 0 radical (unpaired) electrons. The predicted octanol–water partition coefficient (Wildman–Crippen LogP) is -0.278. The lowest BCUT2D eigenvalue weighted by Gasteiger charge is -1.99. The Morgan fingerprint density at radius 2 is 2.25 bits per heavy atom. The molecule has 0 aliphatic carbocycles. The molecule has 1 aromatic rings. The van der Waals surface area contributed by atoms with Gasteiger partial charge in [0.2, 0.25) is 0 Å². The number of fused-ring (bicyclic) bond motifs is 1. The van der Waals surface area contributed by atoms with Crippen molar-refractivity contribution in [3.8, 4) is 0 Å². The van der Waals surface area contributed by atoms with Crippen LogP contribution in [0.25, 0.3) is 0 Å². The van der Waals surface area contributed by atoms with Crippen LogP contribution in [0.1, 0.15) is 5.69 Å². The van der Waals surface area contributed by atoms with Gasteiger partial charge in [-0.3, -0.25) is 9.36 Å². The number of H-pyrrole nitrogens is 1. The van der Waals surface area contributed by atoms with E-state index in [1.54, 1.807) is 0 Å². The summed E-state index contributed by atoms with van der Waals surface area (Å²) in [6.07, 6.45) is 0.797. The highest BCUT2D eigenvalue weighted by Gasteiger charge is 2.17. The molecule has 0 amide bonds. The maximum Gasteiger partial charge on any atom is 0.328 e. The van der Waals surface area contributed by atoms with Crippen LogP contribution < -0.4 is 11.2 Å². The number of nitrogens with one attached hydrogen (secondary N) is 1. The maximum absolute atomic E-state index is 11.4. The van der Waals surface area contributed by atoms with Crippen molar-refractivity contribution >= 4 is 11.8 Å². The first-order chi connectivity index (χ1) is 5.70. The average Bonchev–Trinajstić information content (AvgIpc) is 2.48. The van der Waals surface area contributed by atoms with Crippen molar-refractivity contribution in [3.05, 3.63) is 26.5 Å². The second-order valence-corrected chi connectivity index (χ2v) is 3.81. The van der Waals surface area contributed by atoms with Crippen molar-refractivity contribution in [3.63, 3.8) is 0 Å². The number of rotatable bonds is 0. The molecule has 0 saturated carbocycles. The van der Waals surface area contributed by atoms with E-state index in [1.807, 2.05) is 0 Å². The summed E-state index contributed by atoms with van der Waals surface area (Å²) >= 11 is 1.51. The third-order valence-electron chi connectivity index (χ3n) is 1.93. The number of thioether (sulfide) groups is 1. The maximum atomic E-state index is 11.4. The summed E-state index contributed by atoms with van der Waals surface area (Å²) in [5.41, 5.74) is 0.311. The van der Waals surface area contributed by atoms with Crippen LogP contribution in [-0.4, -0.2) is 15.3 Å². The largest absolute Gasteiger partial charge is 0.328 e. The topological polar surface area (TPSA) is 54.9 Å². The lowest BCUT2D eigenvalue weighted by Crippen LogP contribution is -2.34. The van der Waals surface area contributed by atoms with E-state index in [4.69, 9.17) is 0 Å². The van der Waals surface area contributed by atoms with Crippen LogP contribution >= 0.6 is 11.8 Å². The molecule has 1 aromatic heterocycles. The molecule has 0 aromatic carbocycles. The normalized spacial score (nSPS) is 14.8. The van der Waals surface area contributed by atoms with Gasteiger partial charge in [-0.15, -0.1) is 11.8 Å². The molecular weight excluding hydrogens is 176 g/mol. The summed E-state index contributed by atoms with van der Waals surface area (Å²) in [5.74, 6) is 0.893. The Balaban J connectivity index is 2.85. The average molecular weight is 184 g/mol. The molecule has 12 heavy (non-hydrogen) atoms. The summed E-state index contributed by atoms with van der Waals surface area (Å²) in [6.45, 7) is 0. The van der Waals surface area contributed by atoms with Crippen LogP contribution in [0.15, 0.2) is 14.5 Å². The molecule has 0 fully saturated rings. The van der Waals surface area contributed by atoms with Crippen molar-refractivity contribution in [1.82, 2.24) is 9.55 Å². The van der Waals surface area contributed by atoms with Crippen molar-refractivity contribution in [2.24, 2.45) is 7.05 Å². The Hall–Kier alpha value is -0.970. The Bertz CT molecular complexity index is 432. The number of aromatic nitrogens is 2. The van der Waals surface area contributed by atoms with Crippen LogP contribution in [0.3, 0.4) is 0 Å². The number of aryl methyl sites for hydroxylation is 1. The van der Waals surface area contributed by atoms with Crippen LogP contribution in [0.4, 0.5) is 0 Å². The van der Waals surface area contributed by atoms with E-state index in [-0.39, 0.29) is 11.2 Å². The molecule has 2 rings (SSSR count). The lowest BCUT2D eigenvalue weighted by atomic mass is 10.3. The lowest BCUT2D eigenvalue weighted by molar-refractivity contribution is 0.730. The van der Waals surface area contributed by atoms with Gasteiger partial charge >= 0.3 is 5.69 Å². The number of hydrogen-bond donors (Lipinski definition) is 1. The zero-order valence-corrected chi connectivity index (χ0v) is 7.40. The molecular formula is C7H8N2O2S. The van der Waals surface area contributed by atoms with E-state index in [2.05, 4.69) is 4.98 Å². The summed E-state index contributed by atoms with van der Waals surface area (Å²) in [7, 11) is 1.49. The van der Waals surface area contributed by atoms with Crippen molar-refractivity contribution in [2.75, 3.05) is 5.75 Å². The highest BCUT2D eigenvalue weighted by Crippen LogP contribution is 2.24.